The van der Waals surface area contributed by atoms with E-state index in [0.29, 0.717) is 17.1 Å². The molecule has 1 N–H and O–H groups in total. The van der Waals surface area contributed by atoms with Gasteiger partial charge in [-0.05, 0) is 49.7 Å². The lowest BCUT2D eigenvalue weighted by atomic mass is 9.80. The molecule has 5 rings (SSSR count). The zero-order valence-electron chi connectivity index (χ0n) is 23.0. The second-order valence-electron chi connectivity index (χ2n) is 9.09. The maximum atomic E-state index is 12.8. The van der Waals surface area contributed by atoms with Crippen LogP contribution in [0.5, 0.6) is 17.2 Å². The fourth-order valence-electron chi connectivity index (χ4n) is 5.14. The number of halogens is 2. The van der Waals surface area contributed by atoms with Crippen LogP contribution < -0.4 is 19.7 Å². The van der Waals surface area contributed by atoms with Crippen LogP contribution in [0.2, 0.25) is 0 Å². The van der Waals surface area contributed by atoms with Gasteiger partial charge in [0.15, 0.2) is 0 Å². The van der Waals surface area contributed by atoms with Crippen molar-refractivity contribution in [1.82, 2.24) is 0 Å². The predicted octanol–water partition coefficient (Wildman–Crippen LogP) is 8.20. The van der Waals surface area contributed by atoms with Crippen LogP contribution in [0.15, 0.2) is 84.9 Å². The molecule has 1 atom stereocenters. The zero-order chi connectivity index (χ0) is 26.6. The predicted molar refractivity (Wildman–Crippen MR) is 166 cm³/mol. The molecule has 210 valence electrons. The number of esters is 1. The Kier molecular flexibility index (Phi) is 10.3. The number of para-hydroxylation sites is 1. The summed E-state index contributed by atoms with van der Waals surface area (Å²) in [4.78, 5) is 15.1. The molecule has 0 amide bonds. The molecular formula is C32H34Cl2N2O4. The van der Waals surface area contributed by atoms with Gasteiger partial charge >= 0.3 is 5.97 Å². The van der Waals surface area contributed by atoms with E-state index in [1.54, 1.807) is 7.11 Å². The number of hydrogen-bond acceptors (Lipinski definition) is 6. The van der Waals surface area contributed by atoms with Crippen LogP contribution >= 0.6 is 24.8 Å². The molecule has 1 unspecified atom stereocenters. The lowest BCUT2D eigenvalue weighted by Crippen LogP contribution is -2.22. The highest BCUT2D eigenvalue weighted by Gasteiger charge is 2.33. The molecule has 1 aliphatic rings. The highest BCUT2D eigenvalue weighted by atomic mass is 35.5. The van der Waals surface area contributed by atoms with Crippen LogP contribution in [-0.4, -0.2) is 33.3 Å². The lowest BCUT2D eigenvalue weighted by Gasteiger charge is -2.32. The van der Waals surface area contributed by atoms with Crippen LogP contribution in [0, 0.1) is 0 Å². The summed E-state index contributed by atoms with van der Waals surface area (Å²) in [5, 5.41) is 3.48. The Bertz CT molecular complexity index is 1460. The van der Waals surface area contributed by atoms with Gasteiger partial charge in [0.2, 0.25) is 0 Å². The van der Waals surface area contributed by atoms with E-state index in [1.807, 2.05) is 60.7 Å². The van der Waals surface area contributed by atoms with Gasteiger partial charge < -0.3 is 24.4 Å². The first kappa shape index (κ1) is 30.7. The first-order valence-electron chi connectivity index (χ1n) is 12.9. The van der Waals surface area contributed by atoms with Crippen molar-refractivity contribution in [2.45, 2.75) is 19.8 Å². The number of hydrogen-bond donors (Lipinski definition) is 1. The van der Waals surface area contributed by atoms with Crippen molar-refractivity contribution in [3.8, 4) is 17.2 Å². The maximum absolute atomic E-state index is 12.8. The third-order valence-electron chi connectivity index (χ3n) is 7.03. The standard InChI is InChI=1S/C32H32N2O4.2ClH/c1-5-34(6-2)22-16-17-25-28(18-22)38-29-20-30(36-3)27(33-21-12-8-7-9-13-21)19-26(29)31(25)23-14-10-11-15-24(23)32(35)37-4;;/h7-20,31,33H,5-6H2,1-4H3;2*1H. The van der Waals surface area contributed by atoms with Gasteiger partial charge in [0.05, 0.1) is 25.5 Å². The number of fused-ring (bicyclic) bond motifs is 2. The Balaban J connectivity index is 0.00000220. The summed E-state index contributed by atoms with van der Waals surface area (Å²) >= 11 is 0. The van der Waals surface area contributed by atoms with Gasteiger partial charge in [-0.1, -0.05) is 42.5 Å². The van der Waals surface area contributed by atoms with Crippen molar-refractivity contribution in [1.29, 1.82) is 0 Å². The molecule has 8 heteroatoms. The first-order valence-corrected chi connectivity index (χ1v) is 12.9. The molecule has 0 radical (unpaired) electrons. The minimum atomic E-state index is -0.369. The van der Waals surface area contributed by atoms with Gasteiger partial charge in [-0.15, -0.1) is 24.8 Å². The minimum absolute atomic E-state index is 0. The molecule has 0 fully saturated rings. The SMILES string of the molecule is CCN(CC)c1ccc2c(c1)Oc1cc(OC)c(Nc3ccccc3)cc1C2c1ccccc1C(=O)OC.Cl.Cl. The fraction of sp³-hybridized carbons (Fsp3) is 0.219. The second kappa shape index (κ2) is 13.5. The quantitative estimate of drug-likeness (QED) is 0.187. The summed E-state index contributed by atoms with van der Waals surface area (Å²) < 4.78 is 17.4. The van der Waals surface area contributed by atoms with Gasteiger partial charge in [0.1, 0.15) is 17.2 Å². The monoisotopic (exact) mass is 580 g/mol. The van der Waals surface area contributed by atoms with Crippen molar-refractivity contribution >= 4 is 47.8 Å². The van der Waals surface area contributed by atoms with Crippen LogP contribution in [-0.2, 0) is 4.74 Å². The number of benzene rings is 4. The first-order chi connectivity index (χ1) is 18.6. The van der Waals surface area contributed by atoms with E-state index in [1.165, 1.54) is 7.11 Å². The maximum Gasteiger partial charge on any atom is 0.338 e. The van der Waals surface area contributed by atoms with Crippen LogP contribution in [0.1, 0.15) is 46.8 Å². The smallest absolute Gasteiger partial charge is 0.338 e. The number of carbonyl (C=O) groups excluding carboxylic acids is 1. The molecule has 4 aromatic carbocycles. The molecule has 0 bridgehead atoms. The molecule has 0 saturated heterocycles. The van der Waals surface area contributed by atoms with Crippen LogP contribution in [0.25, 0.3) is 0 Å². The van der Waals surface area contributed by atoms with Crippen molar-refractivity contribution in [2.75, 3.05) is 37.5 Å². The molecule has 1 aliphatic heterocycles. The Morgan fingerprint density at radius 1 is 0.825 bits per heavy atom. The van der Waals surface area contributed by atoms with Crippen molar-refractivity contribution in [3.63, 3.8) is 0 Å². The zero-order valence-corrected chi connectivity index (χ0v) is 24.6. The molecular weight excluding hydrogens is 547 g/mol. The van der Waals surface area contributed by atoms with E-state index in [4.69, 9.17) is 14.2 Å². The molecule has 0 aromatic heterocycles. The highest BCUT2D eigenvalue weighted by molar-refractivity contribution is 5.92. The number of ether oxygens (including phenoxy) is 3. The number of nitrogens with one attached hydrogen (secondary N) is 1. The van der Waals surface area contributed by atoms with Crippen molar-refractivity contribution in [2.24, 2.45) is 0 Å². The molecule has 0 saturated carbocycles. The van der Waals surface area contributed by atoms with Gasteiger partial charge in [-0.2, -0.15) is 0 Å². The Hall–Kier alpha value is -3.87. The minimum Gasteiger partial charge on any atom is -0.494 e. The highest BCUT2D eigenvalue weighted by Crippen LogP contribution is 2.51. The number of nitrogens with zero attached hydrogens (tertiary/aromatic N) is 1. The summed E-state index contributed by atoms with van der Waals surface area (Å²) in [6, 6.07) is 27.9. The van der Waals surface area contributed by atoms with Gasteiger partial charge in [-0.3, -0.25) is 0 Å². The molecule has 0 aliphatic carbocycles. The van der Waals surface area contributed by atoms with E-state index in [-0.39, 0.29) is 36.7 Å². The van der Waals surface area contributed by atoms with Crippen molar-refractivity contribution < 1.29 is 19.0 Å². The lowest BCUT2D eigenvalue weighted by molar-refractivity contribution is 0.0599. The average molecular weight is 582 g/mol. The van der Waals surface area contributed by atoms with E-state index in [2.05, 4.69) is 48.3 Å². The number of rotatable bonds is 8. The Labute approximate surface area is 248 Å². The van der Waals surface area contributed by atoms with E-state index < -0.39 is 0 Å². The van der Waals surface area contributed by atoms with E-state index >= 15 is 0 Å². The Morgan fingerprint density at radius 3 is 2.17 bits per heavy atom. The van der Waals surface area contributed by atoms with E-state index in [9.17, 15) is 4.79 Å². The number of carbonyl (C=O) groups is 1. The molecule has 4 aromatic rings. The van der Waals surface area contributed by atoms with Crippen LogP contribution in [0.3, 0.4) is 0 Å². The normalized spacial score (nSPS) is 12.8. The number of methoxy groups -OCH3 is 2. The van der Waals surface area contributed by atoms with E-state index in [0.717, 1.165) is 52.6 Å². The largest absolute Gasteiger partial charge is 0.494 e. The second-order valence-corrected chi connectivity index (χ2v) is 9.09. The summed E-state index contributed by atoms with van der Waals surface area (Å²) in [6.07, 6.45) is 0. The van der Waals surface area contributed by atoms with Crippen LogP contribution in [0.4, 0.5) is 17.1 Å². The number of anilines is 3. The molecule has 6 nitrogen and oxygen atoms in total. The summed E-state index contributed by atoms with van der Waals surface area (Å²) in [5.41, 5.74) is 6.15. The van der Waals surface area contributed by atoms with Gasteiger partial charge in [0.25, 0.3) is 0 Å². The molecule has 0 spiro atoms. The topological polar surface area (TPSA) is 60.0 Å². The summed E-state index contributed by atoms with van der Waals surface area (Å²) in [5.74, 6) is 1.49. The van der Waals surface area contributed by atoms with Gasteiger partial charge in [0, 0.05) is 53.6 Å². The van der Waals surface area contributed by atoms with Crippen molar-refractivity contribution in [3.05, 3.63) is 107 Å². The Morgan fingerprint density at radius 2 is 1.50 bits per heavy atom. The van der Waals surface area contributed by atoms with Gasteiger partial charge in [-0.25, -0.2) is 4.79 Å². The molecule has 1 heterocycles. The summed E-state index contributed by atoms with van der Waals surface area (Å²) in [6.45, 7) is 6.06. The molecule has 40 heavy (non-hydrogen) atoms. The fourth-order valence-corrected chi connectivity index (χ4v) is 5.14. The average Bonchev–Trinajstić information content (AvgIpc) is 2.96. The summed E-state index contributed by atoms with van der Waals surface area (Å²) in [7, 11) is 3.06. The third-order valence-corrected chi connectivity index (χ3v) is 7.03. The third kappa shape index (κ3) is 5.83.